The molecule has 1 aromatic heterocycles. The van der Waals surface area contributed by atoms with Crippen LogP contribution in [-0.2, 0) is 11.8 Å². The van der Waals surface area contributed by atoms with Gasteiger partial charge in [-0.3, -0.25) is 4.79 Å². The molecule has 2 aromatic carbocycles. The second kappa shape index (κ2) is 8.66. The fraction of sp³-hybridized carbons (Fsp3) is 0.286. The Morgan fingerprint density at radius 2 is 1.90 bits per heavy atom. The lowest BCUT2D eigenvalue weighted by molar-refractivity contribution is -0.113. The molecule has 0 fully saturated rings. The molecule has 1 unspecified atom stereocenters. The number of hydrogen-bond donors (Lipinski definition) is 1. The van der Waals surface area contributed by atoms with Crippen LogP contribution in [0.2, 0.25) is 0 Å². The van der Waals surface area contributed by atoms with Crippen LogP contribution in [-0.4, -0.2) is 47.1 Å². The van der Waals surface area contributed by atoms with Gasteiger partial charge in [0.2, 0.25) is 5.91 Å². The van der Waals surface area contributed by atoms with Crippen LogP contribution in [0.1, 0.15) is 11.9 Å². The maximum atomic E-state index is 12.3. The van der Waals surface area contributed by atoms with Crippen molar-refractivity contribution in [1.29, 1.82) is 0 Å². The highest BCUT2D eigenvalue weighted by Gasteiger charge is 2.27. The number of nitrogens with zero attached hydrogens (tertiary/aromatic N) is 4. The molecule has 0 spiro atoms. The molecular weight excluding hydrogens is 402 g/mol. The number of nitrogens with one attached hydrogen (secondary N) is 1. The van der Waals surface area contributed by atoms with Crippen molar-refractivity contribution in [3.05, 3.63) is 54.4 Å². The quantitative estimate of drug-likeness (QED) is 0.608. The fourth-order valence-electron chi connectivity index (χ4n) is 3.05. The van der Waals surface area contributed by atoms with E-state index in [2.05, 4.69) is 15.5 Å². The molecule has 30 heavy (non-hydrogen) atoms. The van der Waals surface area contributed by atoms with Crippen LogP contribution in [0.25, 0.3) is 0 Å². The molecule has 1 aliphatic heterocycles. The zero-order valence-electron chi connectivity index (χ0n) is 17.0. The van der Waals surface area contributed by atoms with Crippen LogP contribution < -0.4 is 19.7 Å². The molecule has 1 N–H and O–H groups in total. The molecule has 0 saturated carbocycles. The molecule has 1 atom stereocenters. The summed E-state index contributed by atoms with van der Waals surface area (Å²) in [6.07, 6.45) is -0.351. The zero-order chi connectivity index (χ0) is 21.1. The second-order valence-electron chi connectivity index (χ2n) is 7.04. The molecular formula is C21H23N5O3S. The lowest BCUT2D eigenvalue weighted by Gasteiger charge is -2.25. The number of fused-ring (bicyclic) bond motifs is 1. The third-order valence-corrected chi connectivity index (χ3v) is 5.69. The Bertz CT molecular complexity index is 1040. The first-order valence-electron chi connectivity index (χ1n) is 9.49. The summed E-state index contributed by atoms with van der Waals surface area (Å²) in [6, 6.07) is 15.2. The van der Waals surface area contributed by atoms with Crippen LogP contribution in [0.5, 0.6) is 11.5 Å². The van der Waals surface area contributed by atoms with Gasteiger partial charge in [-0.2, -0.15) is 0 Å². The molecule has 4 rings (SSSR count). The van der Waals surface area contributed by atoms with E-state index in [4.69, 9.17) is 9.47 Å². The van der Waals surface area contributed by atoms with E-state index in [9.17, 15) is 4.79 Å². The number of benzene rings is 2. The normalized spacial score (nSPS) is 15.0. The number of thioether (sulfide) groups is 1. The van der Waals surface area contributed by atoms with Crippen LogP contribution in [0, 0.1) is 0 Å². The number of ether oxygens (including phenoxy) is 2. The molecule has 1 aliphatic rings. The van der Waals surface area contributed by atoms with Gasteiger partial charge in [-0.05, 0) is 36.4 Å². The Kier molecular flexibility index (Phi) is 5.80. The SMILES string of the molecule is CN(C)c1ccc(NC(=O)CSc2nnc(C3COc4ccccc4O3)n2C)cc1. The lowest BCUT2D eigenvalue weighted by atomic mass is 10.2. The lowest BCUT2D eigenvalue weighted by Crippen LogP contribution is -2.24. The number of carbonyl (C=O) groups is 1. The number of aromatic nitrogens is 3. The molecule has 1 amide bonds. The molecule has 0 bridgehead atoms. The monoisotopic (exact) mass is 425 g/mol. The summed E-state index contributed by atoms with van der Waals surface area (Å²) in [6.45, 7) is 0.358. The van der Waals surface area contributed by atoms with E-state index < -0.39 is 0 Å². The summed E-state index contributed by atoms with van der Waals surface area (Å²) in [5.74, 6) is 2.19. The molecule has 3 aromatic rings. The van der Waals surface area contributed by atoms with E-state index in [0.717, 1.165) is 17.1 Å². The Labute approximate surface area is 179 Å². The van der Waals surface area contributed by atoms with Gasteiger partial charge in [0.25, 0.3) is 0 Å². The van der Waals surface area contributed by atoms with E-state index in [0.29, 0.717) is 23.3 Å². The number of carbonyl (C=O) groups excluding carboxylic acids is 1. The van der Waals surface area contributed by atoms with Crippen molar-refractivity contribution in [2.45, 2.75) is 11.3 Å². The minimum absolute atomic E-state index is 0.103. The van der Waals surface area contributed by atoms with Gasteiger partial charge in [-0.15, -0.1) is 10.2 Å². The van der Waals surface area contributed by atoms with Gasteiger partial charge in [0.05, 0.1) is 5.75 Å². The van der Waals surface area contributed by atoms with Gasteiger partial charge in [-0.25, -0.2) is 0 Å². The molecule has 0 radical (unpaired) electrons. The fourth-order valence-corrected chi connectivity index (χ4v) is 3.77. The van der Waals surface area contributed by atoms with Crippen molar-refractivity contribution in [2.75, 3.05) is 36.7 Å². The van der Waals surface area contributed by atoms with Crippen molar-refractivity contribution < 1.29 is 14.3 Å². The molecule has 156 valence electrons. The van der Waals surface area contributed by atoms with Crippen LogP contribution in [0.15, 0.2) is 53.7 Å². The first kappa shape index (κ1) is 20.1. The molecule has 0 saturated heterocycles. The maximum absolute atomic E-state index is 12.3. The Morgan fingerprint density at radius 3 is 2.63 bits per heavy atom. The average molecular weight is 426 g/mol. The van der Waals surface area contributed by atoms with E-state index >= 15 is 0 Å². The molecule has 8 nitrogen and oxygen atoms in total. The Morgan fingerprint density at radius 1 is 1.17 bits per heavy atom. The number of anilines is 2. The summed E-state index contributed by atoms with van der Waals surface area (Å²) in [5, 5.41) is 12.0. The highest BCUT2D eigenvalue weighted by molar-refractivity contribution is 7.99. The standard InChI is InChI=1S/C21H23N5O3S/c1-25(2)15-10-8-14(9-11-15)22-19(27)13-30-21-24-23-20(26(21)3)18-12-28-16-6-4-5-7-17(16)29-18/h4-11,18H,12-13H2,1-3H3,(H,22,27). The minimum Gasteiger partial charge on any atom is -0.485 e. The minimum atomic E-state index is -0.351. The van der Waals surface area contributed by atoms with Gasteiger partial charge in [0.1, 0.15) is 6.61 Å². The highest BCUT2D eigenvalue weighted by Crippen LogP contribution is 2.35. The summed E-state index contributed by atoms with van der Waals surface area (Å²) in [5.41, 5.74) is 1.83. The van der Waals surface area contributed by atoms with Crippen LogP contribution >= 0.6 is 11.8 Å². The summed E-state index contributed by atoms with van der Waals surface area (Å²) < 4.78 is 13.6. The Balaban J connectivity index is 1.35. The molecule has 0 aliphatic carbocycles. The summed E-state index contributed by atoms with van der Waals surface area (Å²) in [7, 11) is 5.81. The van der Waals surface area contributed by atoms with Gasteiger partial charge < -0.3 is 24.3 Å². The maximum Gasteiger partial charge on any atom is 0.234 e. The third-order valence-electron chi connectivity index (χ3n) is 4.66. The predicted molar refractivity (Wildman–Crippen MR) is 116 cm³/mol. The Hall–Kier alpha value is -3.20. The average Bonchev–Trinajstić information content (AvgIpc) is 3.12. The zero-order valence-corrected chi connectivity index (χ0v) is 17.8. The van der Waals surface area contributed by atoms with Crippen LogP contribution in [0.4, 0.5) is 11.4 Å². The number of para-hydroxylation sites is 2. The van der Waals surface area contributed by atoms with E-state index in [1.54, 1.807) is 0 Å². The van der Waals surface area contributed by atoms with Gasteiger partial charge >= 0.3 is 0 Å². The second-order valence-corrected chi connectivity index (χ2v) is 7.98. The summed E-state index contributed by atoms with van der Waals surface area (Å²) in [4.78, 5) is 14.3. The molecule has 9 heteroatoms. The van der Waals surface area contributed by atoms with Gasteiger partial charge in [0.15, 0.2) is 28.6 Å². The predicted octanol–water partition coefficient (Wildman–Crippen LogP) is 3.12. The van der Waals surface area contributed by atoms with Crippen molar-refractivity contribution in [3.63, 3.8) is 0 Å². The molecule has 2 heterocycles. The number of rotatable bonds is 6. The van der Waals surface area contributed by atoms with Gasteiger partial charge in [-0.1, -0.05) is 23.9 Å². The smallest absolute Gasteiger partial charge is 0.234 e. The van der Waals surface area contributed by atoms with Crippen molar-refractivity contribution in [2.24, 2.45) is 7.05 Å². The van der Waals surface area contributed by atoms with Crippen molar-refractivity contribution >= 4 is 29.0 Å². The first-order valence-corrected chi connectivity index (χ1v) is 10.5. The third kappa shape index (κ3) is 4.35. The van der Waals surface area contributed by atoms with Crippen molar-refractivity contribution in [1.82, 2.24) is 14.8 Å². The first-order chi connectivity index (χ1) is 14.5. The largest absolute Gasteiger partial charge is 0.485 e. The number of amides is 1. The number of hydrogen-bond acceptors (Lipinski definition) is 7. The van der Waals surface area contributed by atoms with E-state index in [1.165, 1.54) is 11.8 Å². The topological polar surface area (TPSA) is 81.5 Å². The van der Waals surface area contributed by atoms with Gasteiger partial charge in [0, 0.05) is 32.5 Å². The highest BCUT2D eigenvalue weighted by atomic mass is 32.2. The summed E-state index contributed by atoms with van der Waals surface area (Å²) >= 11 is 1.33. The van der Waals surface area contributed by atoms with E-state index in [-0.39, 0.29) is 17.8 Å². The van der Waals surface area contributed by atoms with Crippen molar-refractivity contribution in [3.8, 4) is 11.5 Å². The van der Waals surface area contributed by atoms with E-state index in [1.807, 2.05) is 79.1 Å². The van der Waals surface area contributed by atoms with Crippen LogP contribution in [0.3, 0.4) is 0 Å².